The van der Waals surface area contributed by atoms with Gasteiger partial charge in [0.1, 0.15) is 0 Å². The number of carbonyl (C=O) groups excluding carboxylic acids is 2. The van der Waals surface area contributed by atoms with Crippen LogP contribution in [0.4, 0.5) is 5.69 Å². The minimum atomic E-state index is -0.198. The summed E-state index contributed by atoms with van der Waals surface area (Å²) in [5.74, 6) is -0.355. The molecule has 0 aliphatic heterocycles. The molecule has 0 atom stereocenters. The predicted molar refractivity (Wildman–Crippen MR) is 83.8 cm³/mol. The normalized spacial score (nSPS) is 10.5. The van der Waals surface area contributed by atoms with Gasteiger partial charge in [0, 0.05) is 31.7 Å². The molecular formula is C15H21ClN2O3. The summed E-state index contributed by atoms with van der Waals surface area (Å²) in [6.07, 6.45) is 0.972. The smallest absolute Gasteiger partial charge is 0.251 e. The molecule has 0 aliphatic carbocycles. The Kier molecular flexibility index (Phi) is 7.19. The van der Waals surface area contributed by atoms with Gasteiger partial charge in [-0.2, -0.15) is 0 Å². The van der Waals surface area contributed by atoms with E-state index in [1.54, 1.807) is 25.3 Å². The zero-order valence-corrected chi connectivity index (χ0v) is 13.3. The Labute approximate surface area is 130 Å². The average molecular weight is 313 g/mol. The quantitative estimate of drug-likeness (QED) is 0.761. The number of rotatable bonds is 7. The summed E-state index contributed by atoms with van der Waals surface area (Å²) in [6.45, 7) is 4.29. The van der Waals surface area contributed by atoms with E-state index in [9.17, 15) is 9.59 Å². The third-order valence-electron chi connectivity index (χ3n) is 2.67. The molecule has 0 aliphatic rings. The highest BCUT2D eigenvalue weighted by Gasteiger charge is 2.11. The van der Waals surface area contributed by atoms with E-state index < -0.39 is 0 Å². The topological polar surface area (TPSA) is 67.4 Å². The summed E-state index contributed by atoms with van der Waals surface area (Å²) in [6, 6.07) is 4.84. The minimum Gasteiger partial charge on any atom is -0.385 e. The Morgan fingerprint density at radius 1 is 1.33 bits per heavy atom. The number of halogens is 1. The Morgan fingerprint density at radius 2 is 2.05 bits per heavy atom. The fourth-order valence-electron chi connectivity index (χ4n) is 1.70. The van der Waals surface area contributed by atoms with E-state index in [2.05, 4.69) is 10.6 Å². The van der Waals surface area contributed by atoms with E-state index >= 15 is 0 Å². The first-order valence-electron chi connectivity index (χ1n) is 6.83. The predicted octanol–water partition coefficient (Wildman–Crippen LogP) is 2.84. The van der Waals surface area contributed by atoms with Crippen molar-refractivity contribution in [2.45, 2.75) is 32.7 Å². The van der Waals surface area contributed by atoms with Crippen LogP contribution in [0, 0.1) is 0 Å². The number of hydrogen-bond donors (Lipinski definition) is 2. The third kappa shape index (κ3) is 6.14. The summed E-state index contributed by atoms with van der Waals surface area (Å²) in [7, 11) is 1.59. The number of hydrogen-bond acceptors (Lipinski definition) is 3. The average Bonchev–Trinajstić information content (AvgIpc) is 2.40. The van der Waals surface area contributed by atoms with Crippen molar-refractivity contribution < 1.29 is 14.3 Å². The van der Waals surface area contributed by atoms with Gasteiger partial charge in [-0.3, -0.25) is 9.59 Å². The van der Waals surface area contributed by atoms with Crippen molar-refractivity contribution in [3.05, 3.63) is 28.8 Å². The van der Waals surface area contributed by atoms with Gasteiger partial charge in [-0.1, -0.05) is 11.6 Å². The molecule has 0 saturated carbocycles. The lowest BCUT2D eigenvalue weighted by atomic mass is 10.1. The highest BCUT2D eigenvalue weighted by atomic mass is 35.5. The molecule has 0 aromatic heterocycles. The van der Waals surface area contributed by atoms with E-state index in [4.69, 9.17) is 16.3 Å². The molecule has 0 spiro atoms. The summed E-state index contributed by atoms with van der Waals surface area (Å²) >= 11 is 6.04. The van der Waals surface area contributed by atoms with E-state index in [-0.39, 0.29) is 17.9 Å². The van der Waals surface area contributed by atoms with E-state index in [1.165, 1.54) is 0 Å². The van der Waals surface area contributed by atoms with Crippen molar-refractivity contribution in [3.8, 4) is 0 Å². The lowest BCUT2D eigenvalue weighted by Crippen LogP contribution is -2.30. The van der Waals surface area contributed by atoms with Crippen LogP contribution in [-0.2, 0) is 9.53 Å². The second-order valence-corrected chi connectivity index (χ2v) is 5.37. The molecule has 0 bridgehead atoms. The van der Waals surface area contributed by atoms with Gasteiger partial charge in [-0.15, -0.1) is 0 Å². The maximum atomic E-state index is 11.9. The van der Waals surface area contributed by atoms with E-state index in [0.717, 1.165) is 0 Å². The number of anilines is 1. The van der Waals surface area contributed by atoms with Crippen LogP contribution in [0.15, 0.2) is 18.2 Å². The number of carbonyl (C=O) groups is 2. The molecule has 5 nitrogen and oxygen atoms in total. The molecule has 1 aromatic rings. The largest absolute Gasteiger partial charge is 0.385 e. The molecule has 2 amide bonds. The highest BCUT2D eigenvalue weighted by molar-refractivity contribution is 6.33. The van der Waals surface area contributed by atoms with Crippen molar-refractivity contribution in [1.82, 2.24) is 5.32 Å². The van der Waals surface area contributed by atoms with Crippen molar-refractivity contribution in [2.75, 3.05) is 19.0 Å². The van der Waals surface area contributed by atoms with Gasteiger partial charge in [0.15, 0.2) is 0 Å². The Hall–Kier alpha value is -1.59. The molecule has 0 saturated heterocycles. The second kappa shape index (κ2) is 8.64. The molecule has 0 unspecified atom stereocenters. The van der Waals surface area contributed by atoms with Crippen LogP contribution in [0.25, 0.3) is 0 Å². The molecule has 1 aromatic carbocycles. The SMILES string of the molecule is COCCCC(=O)Nc1cc(C(=O)NC(C)C)ccc1Cl. The zero-order valence-electron chi connectivity index (χ0n) is 12.5. The molecule has 21 heavy (non-hydrogen) atoms. The standard InChI is InChI=1S/C15H21ClN2O3/c1-10(2)17-15(20)11-6-7-12(16)13(9-11)18-14(19)5-4-8-21-3/h6-7,9-10H,4-5,8H2,1-3H3,(H,17,20)(H,18,19). The first-order valence-corrected chi connectivity index (χ1v) is 7.21. The summed E-state index contributed by atoms with van der Waals surface area (Å²) in [4.78, 5) is 23.7. The number of ether oxygens (including phenoxy) is 1. The molecule has 0 heterocycles. The summed E-state index contributed by atoms with van der Waals surface area (Å²) in [5, 5.41) is 5.90. The number of methoxy groups -OCH3 is 1. The number of amides is 2. The van der Waals surface area contributed by atoms with Gasteiger partial charge in [0.25, 0.3) is 5.91 Å². The molecule has 0 radical (unpaired) electrons. The van der Waals surface area contributed by atoms with Crippen LogP contribution in [0.5, 0.6) is 0 Å². The Bertz CT molecular complexity index is 504. The van der Waals surface area contributed by atoms with E-state index in [0.29, 0.717) is 35.7 Å². The van der Waals surface area contributed by atoms with Crippen molar-refractivity contribution in [2.24, 2.45) is 0 Å². The Morgan fingerprint density at radius 3 is 2.67 bits per heavy atom. The lowest BCUT2D eigenvalue weighted by molar-refractivity contribution is -0.116. The van der Waals surface area contributed by atoms with Crippen molar-refractivity contribution in [1.29, 1.82) is 0 Å². The fourth-order valence-corrected chi connectivity index (χ4v) is 1.86. The Balaban J connectivity index is 2.73. The molecule has 6 heteroatoms. The van der Waals surface area contributed by atoms with Crippen LogP contribution >= 0.6 is 11.6 Å². The van der Waals surface area contributed by atoms with Gasteiger partial charge >= 0.3 is 0 Å². The second-order valence-electron chi connectivity index (χ2n) is 4.97. The van der Waals surface area contributed by atoms with Crippen LogP contribution in [0.2, 0.25) is 5.02 Å². The number of benzene rings is 1. The van der Waals surface area contributed by atoms with Gasteiger partial charge < -0.3 is 15.4 Å². The first-order chi connectivity index (χ1) is 9.93. The lowest BCUT2D eigenvalue weighted by Gasteiger charge is -2.11. The highest BCUT2D eigenvalue weighted by Crippen LogP contribution is 2.23. The van der Waals surface area contributed by atoms with Crippen LogP contribution in [0.3, 0.4) is 0 Å². The van der Waals surface area contributed by atoms with Gasteiger partial charge in [-0.05, 0) is 38.5 Å². The summed E-state index contributed by atoms with van der Waals surface area (Å²) in [5.41, 5.74) is 0.899. The monoisotopic (exact) mass is 312 g/mol. The fraction of sp³-hybridized carbons (Fsp3) is 0.467. The molecular weight excluding hydrogens is 292 g/mol. The van der Waals surface area contributed by atoms with Crippen LogP contribution in [-0.4, -0.2) is 31.6 Å². The van der Waals surface area contributed by atoms with Gasteiger partial charge in [-0.25, -0.2) is 0 Å². The first kappa shape index (κ1) is 17.5. The molecule has 116 valence electrons. The van der Waals surface area contributed by atoms with Crippen LogP contribution < -0.4 is 10.6 Å². The maximum Gasteiger partial charge on any atom is 0.251 e. The number of nitrogens with one attached hydrogen (secondary N) is 2. The van der Waals surface area contributed by atoms with Gasteiger partial charge in [0.2, 0.25) is 5.91 Å². The van der Waals surface area contributed by atoms with E-state index in [1.807, 2.05) is 13.8 Å². The summed E-state index contributed by atoms with van der Waals surface area (Å²) < 4.78 is 4.89. The third-order valence-corrected chi connectivity index (χ3v) is 3.00. The minimum absolute atomic E-state index is 0.0419. The molecule has 0 fully saturated rings. The van der Waals surface area contributed by atoms with Crippen molar-refractivity contribution in [3.63, 3.8) is 0 Å². The van der Waals surface area contributed by atoms with Crippen LogP contribution in [0.1, 0.15) is 37.0 Å². The zero-order chi connectivity index (χ0) is 15.8. The van der Waals surface area contributed by atoms with Gasteiger partial charge in [0.05, 0.1) is 10.7 Å². The molecule has 1 rings (SSSR count). The maximum absolute atomic E-state index is 11.9. The molecule has 2 N–H and O–H groups in total. The van der Waals surface area contributed by atoms with Crippen molar-refractivity contribution >= 4 is 29.1 Å².